The van der Waals surface area contributed by atoms with Gasteiger partial charge in [0.2, 0.25) is 5.95 Å². The second-order valence-corrected chi connectivity index (χ2v) is 9.81. The first-order valence-corrected chi connectivity index (χ1v) is 11.5. The Morgan fingerprint density at radius 3 is 2.74 bits per heavy atom. The Bertz CT molecular complexity index is 1100. The minimum Gasteiger partial charge on any atom is -0.489 e. The number of hydrogen-bond donors (Lipinski definition) is 1. The molecule has 3 aliphatic rings. The molecular formula is C21H24F2N6OS. The van der Waals surface area contributed by atoms with E-state index in [0.717, 1.165) is 18.8 Å². The van der Waals surface area contributed by atoms with Crippen molar-refractivity contribution in [3.8, 4) is 5.75 Å². The second-order valence-electron chi connectivity index (χ2n) is 9.03. The molecule has 1 saturated heterocycles. The van der Waals surface area contributed by atoms with E-state index in [1.54, 1.807) is 34.4 Å². The summed E-state index contributed by atoms with van der Waals surface area (Å²) in [6.07, 6.45) is 4.08. The summed E-state index contributed by atoms with van der Waals surface area (Å²) in [5.74, 6) is -1.17. The minimum atomic E-state index is -2.59. The van der Waals surface area contributed by atoms with Gasteiger partial charge >= 0.3 is 0 Å². The summed E-state index contributed by atoms with van der Waals surface area (Å²) in [7, 11) is 0. The average molecular weight is 447 g/mol. The summed E-state index contributed by atoms with van der Waals surface area (Å²) in [5.41, 5.74) is 1.63. The van der Waals surface area contributed by atoms with Gasteiger partial charge in [-0.25, -0.2) is 13.3 Å². The molecule has 2 bridgehead atoms. The molecule has 7 nitrogen and oxygen atoms in total. The van der Waals surface area contributed by atoms with Crippen molar-refractivity contribution in [2.75, 3.05) is 29.9 Å². The number of nitrogens with zero attached hydrogens (tertiary/aromatic N) is 5. The monoisotopic (exact) mass is 446 g/mol. The molecule has 2 aliphatic carbocycles. The number of aryl methyl sites for hydroxylation is 1. The SMILES string of the molecule is Cc1cc(N2C[C@H]3CC[C@@H](C2)C3Nc2nc3c(OCC4CC4(F)F)cccn3n2)sn1. The standard InChI is InChI=1S/C21H24F2N6OS/c1-12-7-17(31-27-12)28-9-13-4-5-14(10-28)18(13)24-20-25-19-16(3-2-6-29(19)26-20)30-11-15-8-21(15,22)23/h2-3,6-7,13-15,18H,4-5,8-11H2,1H3,(H,24,26)/t13-,14+,15?,18?. The third kappa shape index (κ3) is 3.50. The van der Waals surface area contributed by atoms with Crippen molar-refractivity contribution >= 4 is 28.1 Å². The largest absolute Gasteiger partial charge is 0.489 e. The van der Waals surface area contributed by atoms with E-state index in [9.17, 15) is 8.78 Å². The molecule has 3 aromatic rings. The number of alkyl halides is 2. The summed E-state index contributed by atoms with van der Waals surface area (Å²) >= 11 is 1.58. The molecule has 0 amide bonds. The van der Waals surface area contributed by atoms with Crippen LogP contribution in [0.3, 0.4) is 0 Å². The van der Waals surface area contributed by atoms with Crippen molar-refractivity contribution in [1.82, 2.24) is 19.0 Å². The van der Waals surface area contributed by atoms with Crippen LogP contribution in [0.2, 0.25) is 0 Å². The van der Waals surface area contributed by atoms with Gasteiger partial charge in [0.1, 0.15) is 5.00 Å². The summed E-state index contributed by atoms with van der Waals surface area (Å²) in [4.78, 5) is 7.09. The predicted molar refractivity (Wildman–Crippen MR) is 114 cm³/mol. The molecule has 2 unspecified atom stereocenters. The van der Waals surface area contributed by atoms with Gasteiger partial charge in [0.05, 0.1) is 18.2 Å². The number of ether oxygens (including phenoxy) is 1. The van der Waals surface area contributed by atoms with Crippen molar-refractivity contribution in [1.29, 1.82) is 0 Å². The maximum Gasteiger partial charge on any atom is 0.255 e. The lowest BCUT2D eigenvalue weighted by Crippen LogP contribution is -2.48. The molecule has 3 fully saturated rings. The van der Waals surface area contributed by atoms with Crippen molar-refractivity contribution in [2.24, 2.45) is 17.8 Å². The minimum absolute atomic E-state index is 0.00194. The topological polar surface area (TPSA) is 67.6 Å². The highest BCUT2D eigenvalue weighted by Crippen LogP contribution is 2.48. The normalized spacial score (nSPS) is 28.8. The first kappa shape index (κ1) is 19.2. The number of hydrogen-bond acceptors (Lipinski definition) is 7. The molecule has 31 heavy (non-hydrogen) atoms. The van der Waals surface area contributed by atoms with Gasteiger partial charge in [0.15, 0.2) is 11.4 Å². The number of anilines is 2. The highest BCUT2D eigenvalue weighted by Gasteiger charge is 2.57. The Hall–Kier alpha value is -2.49. The van der Waals surface area contributed by atoms with Crippen molar-refractivity contribution in [3.63, 3.8) is 0 Å². The Morgan fingerprint density at radius 2 is 2.06 bits per heavy atom. The zero-order chi connectivity index (χ0) is 21.2. The van der Waals surface area contributed by atoms with Gasteiger partial charge in [-0.3, -0.25) is 0 Å². The maximum absolute atomic E-state index is 13.2. The van der Waals surface area contributed by atoms with E-state index in [4.69, 9.17) is 4.74 Å². The first-order valence-electron chi connectivity index (χ1n) is 10.8. The molecule has 0 aromatic carbocycles. The van der Waals surface area contributed by atoms with Crippen LogP contribution in [0, 0.1) is 24.7 Å². The van der Waals surface area contributed by atoms with E-state index in [1.807, 2.05) is 6.92 Å². The third-order valence-corrected chi connectivity index (χ3v) is 7.72. The Morgan fingerprint density at radius 1 is 1.29 bits per heavy atom. The molecule has 6 rings (SSSR count). The molecule has 10 heteroatoms. The maximum atomic E-state index is 13.2. The third-order valence-electron chi connectivity index (χ3n) is 6.78. The van der Waals surface area contributed by atoms with Gasteiger partial charge in [-0.15, -0.1) is 5.10 Å². The lowest BCUT2D eigenvalue weighted by atomic mass is 9.92. The van der Waals surface area contributed by atoms with Crippen molar-refractivity contribution in [2.45, 2.75) is 38.2 Å². The van der Waals surface area contributed by atoms with E-state index in [2.05, 4.69) is 30.7 Å². The fourth-order valence-corrected chi connectivity index (χ4v) is 5.76. The lowest BCUT2D eigenvalue weighted by molar-refractivity contribution is 0.0857. The lowest BCUT2D eigenvalue weighted by Gasteiger charge is -2.38. The molecule has 0 radical (unpaired) electrons. The highest BCUT2D eigenvalue weighted by atomic mass is 32.1. The van der Waals surface area contributed by atoms with Crippen molar-refractivity contribution < 1.29 is 13.5 Å². The quantitative estimate of drug-likeness (QED) is 0.620. The Labute approximate surface area is 182 Å². The molecular weight excluding hydrogens is 422 g/mol. The zero-order valence-corrected chi connectivity index (χ0v) is 18.0. The van der Waals surface area contributed by atoms with Gasteiger partial charge < -0.3 is 15.0 Å². The molecule has 4 heterocycles. The molecule has 2 saturated carbocycles. The number of halogens is 2. The van der Waals surface area contributed by atoms with Crippen LogP contribution >= 0.6 is 11.5 Å². The number of rotatable bonds is 6. The van der Waals surface area contributed by atoms with E-state index >= 15 is 0 Å². The molecule has 1 aliphatic heterocycles. The van der Waals surface area contributed by atoms with Gasteiger partial charge in [-0.05, 0) is 61.3 Å². The Balaban J connectivity index is 1.16. The fourth-order valence-electron chi connectivity index (χ4n) is 4.98. The zero-order valence-electron chi connectivity index (χ0n) is 17.2. The first-order chi connectivity index (χ1) is 15.0. The Kier molecular flexibility index (Phi) is 4.35. The van der Waals surface area contributed by atoms with E-state index in [-0.39, 0.29) is 13.0 Å². The number of pyridine rings is 1. The summed E-state index contributed by atoms with van der Waals surface area (Å²) in [5, 5.41) is 9.38. The van der Waals surface area contributed by atoms with Crippen LogP contribution in [0.5, 0.6) is 5.75 Å². The fraction of sp³-hybridized carbons (Fsp3) is 0.571. The summed E-state index contributed by atoms with van der Waals surface area (Å²) < 4.78 is 38.1. The van der Waals surface area contributed by atoms with Crippen LogP contribution in [0.1, 0.15) is 25.0 Å². The van der Waals surface area contributed by atoms with Crippen molar-refractivity contribution in [3.05, 3.63) is 30.1 Å². The molecule has 4 atom stereocenters. The average Bonchev–Trinajstić information content (AvgIpc) is 3.09. The van der Waals surface area contributed by atoms with Crippen LogP contribution in [-0.2, 0) is 0 Å². The van der Waals surface area contributed by atoms with Crippen LogP contribution < -0.4 is 15.0 Å². The summed E-state index contributed by atoms with van der Waals surface area (Å²) in [6, 6.07) is 6.05. The van der Waals surface area contributed by atoms with Gasteiger partial charge in [0, 0.05) is 31.7 Å². The van der Waals surface area contributed by atoms with Crippen LogP contribution in [-0.4, -0.2) is 50.6 Å². The van der Waals surface area contributed by atoms with Gasteiger partial charge in [0.25, 0.3) is 5.92 Å². The summed E-state index contributed by atoms with van der Waals surface area (Å²) in [6.45, 7) is 4.05. The van der Waals surface area contributed by atoms with E-state index < -0.39 is 11.8 Å². The second kappa shape index (κ2) is 7.01. The molecule has 0 spiro atoms. The smallest absolute Gasteiger partial charge is 0.255 e. The number of fused-ring (bicyclic) bond motifs is 3. The number of nitrogens with one attached hydrogen (secondary N) is 1. The number of piperidine rings is 1. The van der Waals surface area contributed by atoms with E-state index in [1.165, 1.54) is 17.8 Å². The van der Waals surface area contributed by atoms with Crippen LogP contribution in [0.25, 0.3) is 5.65 Å². The molecule has 1 N–H and O–H groups in total. The van der Waals surface area contributed by atoms with E-state index in [0.29, 0.717) is 35.2 Å². The highest BCUT2D eigenvalue weighted by molar-refractivity contribution is 7.10. The van der Waals surface area contributed by atoms with Crippen LogP contribution in [0.4, 0.5) is 19.7 Å². The number of aromatic nitrogens is 4. The molecule has 164 valence electrons. The molecule has 3 aromatic heterocycles. The van der Waals surface area contributed by atoms with Gasteiger partial charge in [-0.2, -0.15) is 9.36 Å². The van der Waals surface area contributed by atoms with Crippen LogP contribution in [0.15, 0.2) is 24.4 Å². The van der Waals surface area contributed by atoms with Gasteiger partial charge in [-0.1, -0.05) is 0 Å². The predicted octanol–water partition coefficient (Wildman–Crippen LogP) is 3.86.